The van der Waals surface area contributed by atoms with Gasteiger partial charge in [-0.3, -0.25) is 14.5 Å². The molecular formula is C20H23FN8O2. The minimum Gasteiger partial charge on any atom is -0.350 e. The summed E-state index contributed by atoms with van der Waals surface area (Å²) < 4.78 is 20.5. The minimum atomic E-state index is -0.741. The van der Waals surface area contributed by atoms with Crippen LogP contribution in [0, 0.1) is 12.7 Å². The van der Waals surface area contributed by atoms with E-state index in [1.165, 1.54) is 12.3 Å². The average Bonchev–Trinajstić information content (AvgIpc) is 3.18. The zero-order valence-electron chi connectivity index (χ0n) is 17.5. The molecule has 0 aromatic carbocycles. The molecule has 0 saturated heterocycles. The third kappa shape index (κ3) is 4.45. The van der Waals surface area contributed by atoms with Crippen molar-refractivity contribution >= 4 is 23.4 Å². The van der Waals surface area contributed by atoms with Crippen molar-refractivity contribution in [2.75, 3.05) is 29.2 Å². The van der Waals surface area contributed by atoms with E-state index < -0.39 is 6.23 Å². The lowest BCUT2D eigenvalue weighted by molar-refractivity contribution is -0.127. The molecule has 1 amide bonds. The van der Waals surface area contributed by atoms with Crippen LogP contribution in [0.15, 0.2) is 30.9 Å². The number of nitrogens with one attached hydrogen (secondary N) is 2. The summed E-state index contributed by atoms with van der Waals surface area (Å²) in [5.74, 6) is 0.392. The number of halogens is 1. The maximum atomic E-state index is 13.3. The van der Waals surface area contributed by atoms with Gasteiger partial charge in [-0.15, -0.1) is 0 Å². The number of pyridine rings is 1. The van der Waals surface area contributed by atoms with Gasteiger partial charge in [0.05, 0.1) is 24.6 Å². The first-order valence-electron chi connectivity index (χ1n) is 9.83. The molecule has 1 atom stereocenters. The smallest absolute Gasteiger partial charge is 0.274 e. The van der Waals surface area contributed by atoms with E-state index in [-0.39, 0.29) is 11.7 Å². The third-order valence-corrected chi connectivity index (χ3v) is 4.80. The third-order valence-electron chi connectivity index (χ3n) is 4.80. The highest BCUT2D eigenvalue weighted by molar-refractivity contribution is 6.02. The molecule has 0 fully saturated rings. The van der Waals surface area contributed by atoms with Gasteiger partial charge in [-0.05, 0) is 25.5 Å². The highest BCUT2D eigenvalue weighted by Crippen LogP contribution is 2.32. The van der Waals surface area contributed by atoms with Crippen LogP contribution in [0.1, 0.15) is 23.7 Å². The summed E-state index contributed by atoms with van der Waals surface area (Å²) in [6.07, 6.45) is 5.62. The molecule has 162 valence electrons. The van der Waals surface area contributed by atoms with Crippen molar-refractivity contribution in [3.63, 3.8) is 0 Å². The van der Waals surface area contributed by atoms with E-state index >= 15 is 0 Å². The second-order valence-electron chi connectivity index (χ2n) is 7.15. The Morgan fingerprint density at radius 1 is 1.26 bits per heavy atom. The molecule has 4 rings (SSSR count). The van der Waals surface area contributed by atoms with E-state index in [1.807, 2.05) is 20.0 Å². The van der Waals surface area contributed by atoms with Crippen molar-refractivity contribution in [3.05, 3.63) is 53.5 Å². The predicted molar refractivity (Wildman–Crippen MR) is 112 cm³/mol. The zero-order valence-corrected chi connectivity index (χ0v) is 17.5. The van der Waals surface area contributed by atoms with Gasteiger partial charge in [0, 0.05) is 38.2 Å². The summed E-state index contributed by atoms with van der Waals surface area (Å²) in [4.78, 5) is 26.8. The number of carbonyl (C=O) groups excluding carboxylic acids is 1. The molecule has 1 aliphatic heterocycles. The van der Waals surface area contributed by atoms with E-state index in [0.29, 0.717) is 42.8 Å². The quantitative estimate of drug-likeness (QED) is 0.590. The predicted octanol–water partition coefficient (Wildman–Crippen LogP) is 1.93. The molecular weight excluding hydrogens is 403 g/mol. The number of aromatic nitrogens is 5. The fourth-order valence-corrected chi connectivity index (χ4v) is 3.35. The fourth-order valence-electron chi connectivity index (χ4n) is 3.35. The van der Waals surface area contributed by atoms with Gasteiger partial charge in [0.15, 0.2) is 5.82 Å². The number of carbonyl (C=O) groups is 1. The number of ether oxygens (including phenoxy) is 1. The van der Waals surface area contributed by atoms with Crippen LogP contribution < -0.4 is 15.5 Å². The first-order chi connectivity index (χ1) is 14.9. The molecule has 0 radical (unpaired) electrons. The first-order valence-corrected chi connectivity index (χ1v) is 9.83. The van der Waals surface area contributed by atoms with Crippen LogP contribution in [0.3, 0.4) is 0 Å². The van der Waals surface area contributed by atoms with E-state index in [9.17, 15) is 9.18 Å². The largest absolute Gasteiger partial charge is 0.350 e. The van der Waals surface area contributed by atoms with Gasteiger partial charge in [-0.1, -0.05) is 0 Å². The molecule has 3 aromatic heterocycles. The summed E-state index contributed by atoms with van der Waals surface area (Å²) >= 11 is 0. The number of hydrogen-bond acceptors (Lipinski definition) is 8. The molecule has 4 heterocycles. The Morgan fingerprint density at radius 2 is 2.10 bits per heavy atom. The summed E-state index contributed by atoms with van der Waals surface area (Å²) in [6.45, 7) is 4.92. The first kappa shape index (κ1) is 20.7. The standard InChI is InChI=1S/C20H23FN8O2/c1-4-31-19-18(30)26-16-12(2)25-20(27-17(16)28(19)3)23-7-14-8-24-29(11-14)10-13-5-15(21)9-22-6-13/h5-6,8-9,11,19H,4,7,10H2,1-3H3,(H,26,30)(H,23,25,27). The van der Waals surface area contributed by atoms with Crippen LogP contribution >= 0.6 is 0 Å². The van der Waals surface area contributed by atoms with Crippen molar-refractivity contribution in [2.24, 2.45) is 0 Å². The fraction of sp³-hybridized carbons (Fsp3) is 0.350. The second kappa shape index (κ2) is 8.64. The van der Waals surface area contributed by atoms with Crippen molar-refractivity contribution in [3.8, 4) is 0 Å². The van der Waals surface area contributed by atoms with Gasteiger partial charge in [0.2, 0.25) is 12.2 Å². The summed E-state index contributed by atoms with van der Waals surface area (Å²) in [5.41, 5.74) is 2.87. The van der Waals surface area contributed by atoms with Crippen molar-refractivity contribution in [2.45, 2.75) is 33.2 Å². The number of fused-ring (bicyclic) bond motifs is 1. The van der Waals surface area contributed by atoms with Gasteiger partial charge in [0.1, 0.15) is 11.5 Å². The Balaban J connectivity index is 1.46. The normalized spacial score (nSPS) is 15.5. The van der Waals surface area contributed by atoms with Crippen LogP contribution in [0.5, 0.6) is 0 Å². The summed E-state index contributed by atoms with van der Waals surface area (Å²) in [7, 11) is 1.76. The van der Waals surface area contributed by atoms with Crippen molar-refractivity contribution in [1.29, 1.82) is 0 Å². The number of nitrogens with zero attached hydrogens (tertiary/aromatic N) is 6. The average molecular weight is 426 g/mol. The molecule has 1 aliphatic rings. The Labute approximate surface area is 178 Å². The van der Waals surface area contributed by atoms with Crippen molar-refractivity contribution in [1.82, 2.24) is 24.7 Å². The molecule has 2 N–H and O–H groups in total. The minimum absolute atomic E-state index is 0.245. The number of rotatable bonds is 7. The van der Waals surface area contributed by atoms with Gasteiger partial charge >= 0.3 is 0 Å². The molecule has 0 bridgehead atoms. The summed E-state index contributed by atoms with van der Waals surface area (Å²) in [6, 6.07) is 1.43. The molecule has 0 aliphatic carbocycles. The Morgan fingerprint density at radius 3 is 2.87 bits per heavy atom. The number of amides is 1. The lowest BCUT2D eigenvalue weighted by Crippen LogP contribution is -2.48. The van der Waals surface area contributed by atoms with Crippen LogP contribution in [-0.2, 0) is 22.6 Å². The van der Waals surface area contributed by atoms with Gasteiger partial charge in [-0.2, -0.15) is 10.1 Å². The number of hydrogen-bond donors (Lipinski definition) is 2. The molecule has 3 aromatic rings. The molecule has 31 heavy (non-hydrogen) atoms. The van der Waals surface area contributed by atoms with E-state index in [4.69, 9.17) is 4.74 Å². The SMILES string of the molecule is CCOC1C(=O)Nc2c(C)nc(NCc3cnn(Cc4cncc(F)c4)c3)nc2N1C. The molecule has 10 nitrogen and oxygen atoms in total. The lowest BCUT2D eigenvalue weighted by atomic mass is 10.2. The Hall–Kier alpha value is -3.60. The van der Waals surface area contributed by atoms with Crippen LogP contribution in [-0.4, -0.2) is 50.5 Å². The highest BCUT2D eigenvalue weighted by atomic mass is 19.1. The maximum absolute atomic E-state index is 13.3. The molecule has 11 heteroatoms. The van der Waals surface area contributed by atoms with E-state index in [1.54, 1.807) is 29.0 Å². The Kier molecular flexibility index (Phi) is 5.76. The second-order valence-corrected chi connectivity index (χ2v) is 7.15. The maximum Gasteiger partial charge on any atom is 0.274 e. The molecule has 1 unspecified atom stereocenters. The zero-order chi connectivity index (χ0) is 22.0. The van der Waals surface area contributed by atoms with E-state index in [2.05, 4.69) is 30.7 Å². The lowest BCUT2D eigenvalue weighted by Gasteiger charge is -2.34. The van der Waals surface area contributed by atoms with Crippen LogP contribution in [0.25, 0.3) is 0 Å². The topological polar surface area (TPSA) is 110 Å². The molecule has 0 saturated carbocycles. The van der Waals surface area contributed by atoms with E-state index in [0.717, 1.165) is 11.1 Å². The Bertz CT molecular complexity index is 1100. The molecule has 0 spiro atoms. The van der Waals surface area contributed by atoms with Crippen LogP contribution in [0.2, 0.25) is 0 Å². The van der Waals surface area contributed by atoms with Crippen molar-refractivity contribution < 1.29 is 13.9 Å². The van der Waals surface area contributed by atoms with Gasteiger partial charge < -0.3 is 20.3 Å². The monoisotopic (exact) mass is 426 g/mol. The van der Waals surface area contributed by atoms with Gasteiger partial charge in [-0.25, -0.2) is 9.37 Å². The summed E-state index contributed by atoms with van der Waals surface area (Å²) in [5, 5.41) is 10.3. The van der Waals surface area contributed by atoms with Crippen LogP contribution in [0.4, 0.5) is 21.8 Å². The highest BCUT2D eigenvalue weighted by Gasteiger charge is 2.33. The number of aryl methyl sites for hydroxylation is 1. The number of likely N-dealkylation sites (N-methyl/N-ethyl adjacent to an activating group) is 1. The van der Waals surface area contributed by atoms with Gasteiger partial charge in [0.25, 0.3) is 5.91 Å². The number of anilines is 3.